The number of aromatic nitrogens is 1. The number of pyridine rings is 1. The van der Waals surface area contributed by atoms with E-state index in [0.29, 0.717) is 6.04 Å². The zero-order valence-electron chi connectivity index (χ0n) is 10.1. The molecule has 1 saturated heterocycles. The van der Waals surface area contributed by atoms with Crippen LogP contribution in [-0.4, -0.2) is 24.1 Å². The molecule has 0 bridgehead atoms. The molecule has 1 fully saturated rings. The summed E-state index contributed by atoms with van der Waals surface area (Å²) in [5.74, 6) is 0.623. The number of nitrogens with one attached hydrogen (secondary N) is 2. The van der Waals surface area contributed by atoms with Crippen LogP contribution < -0.4 is 10.6 Å². The second-order valence-electron chi connectivity index (χ2n) is 4.70. The van der Waals surface area contributed by atoms with Crippen LogP contribution in [0.2, 0.25) is 0 Å². The van der Waals surface area contributed by atoms with Crippen molar-refractivity contribution in [2.75, 3.05) is 18.4 Å². The maximum absolute atomic E-state index is 13.1. The highest BCUT2D eigenvalue weighted by atomic mass is 19.1. The summed E-state index contributed by atoms with van der Waals surface area (Å²) in [6, 6.07) is 7.14. The van der Waals surface area contributed by atoms with Crippen LogP contribution in [0.25, 0.3) is 10.8 Å². The van der Waals surface area contributed by atoms with E-state index in [1.165, 1.54) is 25.0 Å². The molecule has 2 aromatic rings. The molecule has 18 heavy (non-hydrogen) atoms. The summed E-state index contributed by atoms with van der Waals surface area (Å²) in [6.45, 7) is 1.96. The van der Waals surface area contributed by atoms with Crippen LogP contribution in [-0.2, 0) is 0 Å². The molecule has 4 heteroatoms. The Morgan fingerprint density at radius 2 is 2.33 bits per heavy atom. The third-order valence-electron chi connectivity index (χ3n) is 3.40. The third-order valence-corrected chi connectivity index (χ3v) is 3.40. The Morgan fingerprint density at radius 1 is 1.39 bits per heavy atom. The summed E-state index contributed by atoms with van der Waals surface area (Å²) in [5.41, 5.74) is 0. The van der Waals surface area contributed by atoms with Crippen molar-refractivity contribution in [3.8, 4) is 0 Å². The molecule has 1 atom stereocenters. The van der Waals surface area contributed by atoms with E-state index in [-0.39, 0.29) is 5.82 Å². The highest BCUT2D eigenvalue weighted by molar-refractivity contribution is 5.91. The van der Waals surface area contributed by atoms with E-state index in [1.54, 1.807) is 12.3 Å². The van der Waals surface area contributed by atoms with Gasteiger partial charge in [-0.1, -0.05) is 0 Å². The Labute approximate surface area is 105 Å². The van der Waals surface area contributed by atoms with Gasteiger partial charge in [-0.25, -0.2) is 9.37 Å². The Balaban J connectivity index is 1.82. The van der Waals surface area contributed by atoms with Crippen LogP contribution in [0.5, 0.6) is 0 Å². The molecule has 1 aromatic carbocycles. The quantitative estimate of drug-likeness (QED) is 0.872. The molecule has 2 N–H and O–H groups in total. The third kappa shape index (κ3) is 2.29. The molecule has 0 amide bonds. The van der Waals surface area contributed by atoms with Gasteiger partial charge in [0.05, 0.1) is 0 Å². The average Bonchev–Trinajstić information content (AvgIpc) is 2.89. The lowest BCUT2D eigenvalue weighted by molar-refractivity contribution is 0.629. The molecular weight excluding hydrogens is 229 g/mol. The molecule has 94 valence electrons. The summed E-state index contributed by atoms with van der Waals surface area (Å²) >= 11 is 0. The van der Waals surface area contributed by atoms with Gasteiger partial charge in [0.15, 0.2) is 0 Å². The van der Waals surface area contributed by atoms with Crippen molar-refractivity contribution in [3.05, 3.63) is 36.3 Å². The summed E-state index contributed by atoms with van der Waals surface area (Å²) < 4.78 is 13.1. The van der Waals surface area contributed by atoms with Crippen molar-refractivity contribution < 1.29 is 4.39 Å². The number of anilines is 1. The van der Waals surface area contributed by atoms with Gasteiger partial charge in [-0.3, -0.25) is 0 Å². The number of hydrogen-bond donors (Lipinski definition) is 2. The number of nitrogens with zero attached hydrogens (tertiary/aromatic N) is 1. The van der Waals surface area contributed by atoms with E-state index in [0.717, 1.165) is 29.7 Å². The van der Waals surface area contributed by atoms with Crippen LogP contribution >= 0.6 is 0 Å². The topological polar surface area (TPSA) is 37.0 Å². The van der Waals surface area contributed by atoms with Crippen LogP contribution in [0.3, 0.4) is 0 Å². The van der Waals surface area contributed by atoms with Gasteiger partial charge in [0.1, 0.15) is 11.6 Å². The molecule has 2 heterocycles. The fourth-order valence-electron chi connectivity index (χ4n) is 2.44. The van der Waals surface area contributed by atoms with Crippen molar-refractivity contribution in [3.63, 3.8) is 0 Å². The van der Waals surface area contributed by atoms with Crippen molar-refractivity contribution in [2.45, 2.75) is 18.9 Å². The van der Waals surface area contributed by atoms with E-state index in [4.69, 9.17) is 0 Å². The van der Waals surface area contributed by atoms with Gasteiger partial charge in [0.25, 0.3) is 0 Å². The Bertz CT molecular complexity index is 550. The summed E-state index contributed by atoms with van der Waals surface area (Å²) in [7, 11) is 0. The van der Waals surface area contributed by atoms with Gasteiger partial charge in [-0.2, -0.15) is 0 Å². The van der Waals surface area contributed by atoms with E-state index in [1.807, 2.05) is 6.07 Å². The first-order valence-electron chi connectivity index (χ1n) is 6.34. The molecule has 1 aliphatic rings. The standard InChI is InChI=1S/C14H16FN3/c15-11-3-4-13-10(8-11)5-7-17-14(13)18-9-12-2-1-6-16-12/h3-5,7-8,12,16H,1-2,6,9H2,(H,17,18). The summed E-state index contributed by atoms with van der Waals surface area (Å²) in [5, 5.41) is 8.64. The molecule has 0 spiro atoms. The number of fused-ring (bicyclic) bond motifs is 1. The average molecular weight is 245 g/mol. The highest BCUT2D eigenvalue weighted by Gasteiger charge is 2.14. The fourth-order valence-corrected chi connectivity index (χ4v) is 2.44. The predicted octanol–water partition coefficient (Wildman–Crippen LogP) is 2.54. The molecular formula is C14H16FN3. The van der Waals surface area contributed by atoms with E-state index in [2.05, 4.69) is 15.6 Å². The Kier molecular flexibility index (Phi) is 3.11. The Morgan fingerprint density at radius 3 is 3.17 bits per heavy atom. The van der Waals surface area contributed by atoms with Gasteiger partial charge in [0.2, 0.25) is 0 Å². The minimum absolute atomic E-state index is 0.211. The largest absolute Gasteiger partial charge is 0.368 e. The van der Waals surface area contributed by atoms with E-state index >= 15 is 0 Å². The SMILES string of the molecule is Fc1ccc2c(NCC3CCCN3)nccc2c1. The van der Waals surface area contributed by atoms with Gasteiger partial charge in [-0.05, 0) is 49.0 Å². The lowest BCUT2D eigenvalue weighted by Crippen LogP contribution is -2.29. The zero-order chi connectivity index (χ0) is 12.4. The lowest BCUT2D eigenvalue weighted by Gasteiger charge is -2.13. The minimum atomic E-state index is -0.211. The monoisotopic (exact) mass is 245 g/mol. The van der Waals surface area contributed by atoms with Gasteiger partial charge in [-0.15, -0.1) is 0 Å². The van der Waals surface area contributed by atoms with Gasteiger partial charge >= 0.3 is 0 Å². The number of halogens is 1. The first-order chi connectivity index (χ1) is 8.83. The second-order valence-corrected chi connectivity index (χ2v) is 4.70. The number of benzene rings is 1. The fraction of sp³-hybridized carbons (Fsp3) is 0.357. The first-order valence-corrected chi connectivity index (χ1v) is 6.34. The van der Waals surface area contributed by atoms with Gasteiger partial charge in [0, 0.05) is 24.2 Å². The van der Waals surface area contributed by atoms with Crippen molar-refractivity contribution >= 4 is 16.6 Å². The smallest absolute Gasteiger partial charge is 0.133 e. The zero-order valence-corrected chi connectivity index (χ0v) is 10.1. The van der Waals surface area contributed by atoms with Gasteiger partial charge < -0.3 is 10.6 Å². The van der Waals surface area contributed by atoms with Crippen molar-refractivity contribution in [1.82, 2.24) is 10.3 Å². The predicted molar refractivity (Wildman–Crippen MR) is 71.2 cm³/mol. The van der Waals surface area contributed by atoms with Crippen molar-refractivity contribution in [1.29, 1.82) is 0 Å². The molecule has 1 unspecified atom stereocenters. The normalized spacial score (nSPS) is 19.3. The summed E-state index contributed by atoms with van der Waals surface area (Å²) in [4.78, 5) is 4.34. The van der Waals surface area contributed by atoms with Crippen molar-refractivity contribution in [2.24, 2.45) is 0 Å². The molecule has 0 radical (unpaired) electrons. The lowest BCUT2D eigenvalue weighted by atomic mass is 10.1. The molecule has 3 rings (SSSR count). The molecule has 1 aromatic heterocycles. The van der Waals surface area contributed by atoms with Crippen LogP contribution in [0.15, 0.2) is 30.5 Å². The maximum Gasteiger partial charge on any atom is 0.133 e. The maximum atomic E-state index is 13.1. The number of rotatable bonds is 3. The second kappa shape index (κ2) is 4.90. The highest BCUT2D eigenvalue weighted by Crippen LogP contribution is 2.22. The Hall–Kier alpha value is -1.68. The minimum Gasteiger partial charge on any atom is -0.368 e. The van der Waals surface area contributed by atoms with E-state index < -0.39 is 0 Å². The summed E-state index contributed by atoms with van der Waals surface area (Å²) in [6.07, 6.45) is 4.15. The molecule has 1 aliphatic heterocycles. The van der Waals surface area contributed by atoms with Crippen LogP contribution in [0, 0.1) is 5.82 Å². The first kappa shape index (κ1) is 11.4. The molecule has 0 aliphatic carbocycles. The number of hydrogen-bond acceptors (Lipinski definition) is 3. The van der Waals surface area contributed by atoms with Crippen LogP contribution in [0.1, 0.15) is 12.8 Å². The van der Waals surface area contributed by atoms with Crippen LogP contribution in [0.4, 0.5) is 10.2 Å². The molecule has 3 nitrogen and oxygen atoms in total. The molecule has 0 saturated carbocycles. The van der Waals surface area contributed by atoms with E-state index in [9.17, 15) is 4.39 Å².